The van der Waals surface area contributed by atoms with Crippen LogP contribution in [0.15, 0.2) is 42.5 Å². The molecule has 0 spiro atoms. The molecule has 0 saturated heterocycles. The van der Waals surface area contributed by atoms with Crippen LogP contribution in [-0.2, 0) is 16.0 Å². The van der Waals surface area contributed by atoms with Crippen LogP contribution in [0.2, 0.25) is 0 Å². The van der Waals surface area contributed by atoms with Crippen LogP contribution in [0.4, 0.5) is 11.4 Å². The zero-order chi connectivity index (χ0) is 19.2. The number of anilines is 2. The fourth-order valence-corrected chi connectivity index (χ4v) is 2.78. The van der Waals surface area contributed by atoms with Crippen LogP contribution in [0.3, 0.4) is 0 Å². The van der Waals surface area contributed by atoms with Gasteiger partial charge in [0.15, 0.2) is 11.5 Å². The Morgan fingerprint density at radius 2 is 1.67 bits per heavy atom. The van der Waals surface area contributed by atoms with Crippen molar-refractivity contribution in [3.8, 4) is 11.5 Å². The lowest BCUT2D eigenvalue weighted by atomic mass is 10.1. The molecule has 1 aliphatic rings. The first-order valence-electron chi connectivity index (χ1n) is 9.00. The van der Waals surface area contributed by atoms with E-state index in [9.17, 15) is 9.59 Å². The zero-order valence-corrected chi connectivity index (χ0v) is 15.6. The number of benzene rings is 2. The largest absolute Gasteiger partial charge is 0.493 e. The molecule has 6 heteroatoms. The van der Waals surface area contributed by atoms with Crippen molar-refractivity contribution >= 4 is 23.2 Å². The van der Waals surface area contributed by atoms with Gasteiger partial charge in [0, 0.05) is 23.7 Å². The fourth-order valence-electron chi connectivity index (χ4n) is 2.78. The predicted octanol–water partition coefficient (Wildman–Crippen LogP) is 3.62. The van der Waals surface area contributed by atoms with Crippen molar-refractivity contribution in [2.75, 3.05) is 24.9 Å². The molecule has 2 N–H and O–H groups in total. The number of hydrogen-bond donors (Lipinski definition) is 2. The van der Waals surface area contributed by atoms with Crippen molar-refractivity contribution in [2.45, 2.75) is 25.7 Å². The number of ether oxygens (including phenoxy) is 2. The average Bonchev–Trinajstić information content (AvgIpc) is 3.51. The maximum absolute atomic E-state index is 12.3. The van der Waals surface area contributed by atoms with Crippen molar-refractivity contribution in [3.05, 3.63) is 48.0 Å². The Balaban J connectivity index is 1.54. The summed E-state index contributed by atoms with van der Waals surface area (Å²) in [5.41, 5.74) is 2.36. The van der Waals surface area contributed by atoms with Crippen LogP contribution in [0, 0.1) is 5.92 Å². The van der Waals surface area contributed by atoms with Gasteiger partial charge < -0.3 is 20.1 Å². The number of nitrogens with one attached hydrogen (secondary N) is 2. The SMILES string of the molecule is COc1ccc(CCC(=O)Nc2cccc(NC(=O)C3CC3)c2)cc1OC. The quantitative estimate of drug-likeness (QED) is 0.746. The Kier molecular flexibility index (Phi) is 5.96. The third kappa shape index (κ3) is 5.23. The van der Waals surface area contributed by atoms with Crippen molar-refractivity contribution in [3.63, 3.8) is 0 Å². The van der Waals surface area contributed by atoms with E-state index in [0.717, 1.165) is 18.4 Å². The van der Waals surface area contributed by atoms with Crippen LogP contribution in [0.5, 0.6) is 11.5 Å². The highest BCUT2D eigenvalue weighted by Crippen LogP contribution is 2.30. The molecule has 0 bridgehead atoms. The van der Waals surface area contributed by atoms with E-state index in [1.807, 2.05) is 30.3 Å². The van der Waals surface area contributed by atoms with E-state index in [1.165, 1.54) is 0 Å². The summed E-state index contributed by atoms with van der Waals surface area (Å²) in [6, 6.07) is 12.8. The van der Waals surface area contributed by atoms with Crippen molar-refractivity contribution in [1.29, 1.82) is 0 Å². The Labute approximate surface area is 158 Å². The number of hydrogen-bond acceptors (Lipinski definition) is 4. The van der Waals surface area contributed by atoms with E-state index in [-0.39, 0.29) is 17.7 Å². The predicted molar refractivity (Wildman–Crippen MR) is 104 cm³/mol. The summed E-state index contributed by atoms with van der Waals surface area (Å²) >= 11 is 0. The van der Waals surface area contributed by atoms with E-state index in [2.05, 4.69) is 10.6 Å². The average molecular weight is 368 g/mol. The normalized spacial score (nSPS) is 13.0. The van der Waals surface area contributed by atoms with Gasteiger partial charge in [0.05, 0.1) is 14.2 Å². The zero-order valence-electron chi connectivity index (χ0n) is 15.6. The first kappa shape index (κ1) is 18.8. The van der Waals surface area contributed by atoms with Crippen molar-refractivity contribution in [1.82, 2.24) is 0 Å². The number of amides is 2. The summed E-state index contributed by atoms with van der Waals surface area (Å²) in [7, 11) is 3.18. The number of carbonyl (C=O) groups excluding carboxylic acids is 2. The molecule has 1 aliphatic carbocycles. The Morgan fingerprint density at radius 1 is 0.963 bits per heavy atom. The van der Waals surface area contributed by atoms with Gasteiger partial charge in [-0.3, -0.25) is 9.59 Å². The second-order valence-electron chi connectivity index (χ2n) is 6.58. The highest BCUT2D eigenvalue weighted by Gasteiger charge is 2.29. The number of methoxy groups -OCH3 is 2. The topological polar surface area (TPSA) is 76.7 Å². The van der Waals surface area contributed by atoms with Crippen LogP contribution in [0.1, 0.15) is 24.8 Å². The van der Waals surface area contributed by atoms with Gasteiger partial charge in [-0.25, -0.2) is 0 Å². The number of carbonyl (C=O) groups is 2. The van der Waals surface area contributed by atoms with Crippen molar-refractivity contribution < 1.29 is 19.1 Å². The maximum Gasteiger partial charge on any atom is 0.227 e. The summed E-state index contributed by atoms with van der Waals surface area (Å²) in [5, 5.41) is 5.76. The van der Waals surface area contributed by atoms with Gasteiger partial charge in [-0.2, -0.15) is 0 Å². The molecule has 0 atom stereocenters. The molecule has 27 heavy (non-hydrogen) atoms. The molecule has 0 radical (unpaired) electrons. The lowest BCUT2D eigenvalue weighted by Crippen LogP contribution is -2.15. The standard InChI is InChI=1S/C21H24N2O4/c1-26-18-10-6-14(12-19(18)27-2)7-11-20(24)22-16-4-3-5-17(13-16)23-21(25)15-8-9-15/h3-6,10,12-13,15H,7-9,11H2,1-2H3,(H,22,24)(H,23,25). The fraction of sp³-hybridized carbons (Fsp3) is 0.333. The van der Waals surface area contributed by atoms with Crippen LogP contribution in [-0.4, -0.2) is 26.0 Å². The molecule has 142 valence electrons. The molecule has 2 aromatic rings. The minimum Gasteiger partial charge on any atom is -0.493 e. The van der Waals surface area contributed by atoms with E-state index >= 15 is 0 Å². The third-order valence-corrected chi connectivity index (χ3v) is 4.45. The molecule has 0 aliphatic heterocycles. The monoisotopic (exact) mass is 368 g/mol. The molecule has 1 saturated carbocycles. The van der Waals surface area contributed by atoms with Gasteiger partial charge in [-0.05, 0) is 55.2 Å². The van der Waals surface area contributed by atoms with E-state index in [1.54, 1.807) is 26.4 Å². The first-order chi connectivity index (χ1) is 13.1. The van der Waals surface area contributed by atoms with Gasteiger partial charge in [0.2, 0.25) is 11.8 Å². The number of rotatable bonds is 8. The van der Waals surface area contributed by atoms with Gasteiger partial charge in [0.1, 0.15) is 0 Å². The minimum atomic E-state index is -0.0875. The van der Waals surface area contributed by atoms with Gasteiger partial charge in [-0.15, -0.1) is 0 Å². The summed E-state index contributed by atoms with van der Waals surface area (Å²) in [6.45, 7) is 0. The Morgan fingerprint density at radius 3 is 2.33 bits per heavy atom. The van der Waals surface area contributed by atoms with Crippen LogP contribution < -0.4 is 20.1 Å². The molecule has 3 rings (SSSR count). The molecular formula is C21H24N2O4. The first-order valence-corrected chi connectivity index (χ1v) is 9.00. The lowest BCUT2D eigenvalue weighted by Gasteiger charge is -2.10. The summed E-state index contributed by atoms with van der Waals surface area (Å²) in [6.07, 6.45) is 2.84. The second-order valence-corrected chi connectivity index (χ2v) is 6.58. The highest BCUT2D eigenvalue weighted by molar-refractivity contribution is 5.96. The molecule has 2 amide bonds. The maximum atomic E-state index is 12.3. The number of aryl methyl sites for hydroxylation is 1. The molecule has 0 unspecified atom stereocenters. The minimum absolute atomic E-state index is 0.0481. The van der Waals surface area contributed by atoms with Crippen LogP contribution >= 0.6 is 0 Å². The Bertz CT molecular complexity index is 831. The molecule has 6 nitrogen and oxygen atoms in total. The molecule has 2 aromatic carbocycles. The van der Waals surface area contributed by atoms with E-state index in [4.69, 9.17) is 9.47 Å². The van der Waals surface area contributed by atoms with Crippen molar-refractivity contribution in [2.24, 2.45) is 5.92 Å². The van der Waals surface area contributed by atoms with E-state index < -0.39 is 0 Å². The molecule has 1 fully saturated rings. The smallest absolute Gasteiger partial charge is 0.227 e. The molecule has 0 heterocycles. The molecule has 0 aromatic heterocycles. The third-order valence-electron chi connectivity index (χ3n) is 4.45. The highest BCUT2D eigenvalue weighted by atomic mass is 16.5. The van der Waals surface area contributed by atoms with Gasteiger partial charge >= 0.3 is 0 Å². The van der Waals surface area contributed by atoms with E-state index in [0.29, 0.717) is 35.7 Å². The lowest BCUT2D eigenvalue weighted by molar-refractivity contribution is -0.117. The summed E-state index contributed by atoms with van der Waals surface area (Å²) in [5.74, 6) is 1.41. The second kappa shape index (κ2) is 8.58. The summed E-state index contributed by atoms with van der Waals surface area (Å²) < 4.78 is 10.5. The molecular weight excluding hydrogens is 344 g/mol. The van der Waals surface area contributed by atoms with Gasteiger partial charge in [-0.1, -0.05) is 12.1 Å². The van der Waals surface area contributed by atoms with Gasteiger partial charge in [0.25, 0.3) is 0 Å². The summed E-state index contributed by atoms with van der Waals surface area (Å²) in [4.78, 5) is 24.1. The Hall–Kier alpha value is -3.02. The van der Waals surface area contributed by atoms with Crippen LogP contribution in [0.25, 0.3) is 0 Å².